The van der Waals surface area contributed by atoms with Gasteiger partial charge in [0.15, 0.2) is 0 Å². The van der Waals surface area contributed by atoms with E-state index in [1.807, 2.05) is 18.2 Å². The molecule has 26 heavy (non-hydrogen) atoms. The van der Waals surface area contributed by atoms with Gasteiger partial charge in [0, 0.05) is 24.4 Å². The third-order valence-corrected chi connectivity index (χ3v) is 7.00. The summed E-state index contributed by atoms with van der Waals surface area (Å²) in [5.74, 6) is 1.11. The molecular formula is C21H20N4S. The summed E-state index contributed by atoms with van der Waals surface area (Å²) in [7, 11) is 0. The van der Waals surface area contributed by atoms with Crippen molar-refractivity contribution in [1.82, 2.24) is 9.97 Å². The van der Waals surface area contributed by atoms with Gasteiger partial charge >= 0.3 is 0 Å². The van der Waals surface area contributed by atoms with Gasteiger partial charge in [-0.15, -0.1) is 11.3 Å². The van der Waals surface area contributed by atoms with Gasteiger partial charge in [0.25, 0.3) is 0 Å². The number of rotatable bonds is 2. The first-order valence-corrected chi connectivity index (χ1v) is 10.1. The number of hydrogen-bond acceptors (Lipinski definition) is 5. The van der Waals surface area contributed by atoms with Gasteiger partial charge in [0.2, 0.25) is 0 Å². The van der Waals surface area contributed by atoms with Gasteiger partial charge in [-0.2, -0.15) is 5.26 Å². The van der Waals surface area contributed by atoms with Crippen molar-refractivity contribution in [3.05, 3.63) is 52.7 Å². The molecule has 1 saturated heterocycles. The Labute approximate surface area is 157 Å². The largest absolute Gasteiger partial charge is 0.356 e. The number of thiophene rings is 1. The second-order valence-electron chi connectivity index (χ2n) is 7.31. The van der Waals surface area contributed by atoms with E-state index in [0.717, 1.165) is 48.6 Å². The van der Waals surface area contributed by atoms with Gasteiger partial charge in [-0.05, 0) is 36.8 Å². The molecule has 0 amide bonds. The Morgan fingerprint density at radius 3 is 2.69 bits per heavy atom. The molecule has 2 aromatic heterocycles. The maximum atomic E-state index is 10.0. The average Bonchev–Trinajstić information content (AvgIpc) is 3.35. The molecule has 2 aliphatic rings. The lowest BCUT2D eigenvalue weighted by atomic mass is 9.70. The van der Waals surface area contributed by atoms with Crippen LogP contribution in [0.5, 0.6) is 0 Å². The van der Waals surface area contributed by atoms with E-state index in [0.29, 0.717) is 0 Å². The van der Waals surface area contributed by atoms with Gasteiger partial charge in [-0.25, -0.2) is 9.97 Å². The van der Waals surface area contributed by atoms with E-state index in [2.05, 4.69) is 33.1 Å². The smallest absolute Gasteiger partial charge is 0.141 e. The number of hydrogen-bond donors (Lipinski definition) is 0. The number of nitrogens with zero attached hydrogens (tertiary/aromatic N) is 4. The van der Waals surface area contributed by atoms with E-state index >= 15 is 0 Å². The molecule has 1 aromatic carbocycles. The fourth-order valence-electron chi connectivity index (χ4n) is 4.46. The SMILES string of the molecule is N#C[C@]1(c2ccccc2)CCc2c(sc3ncnc(N4CCCC4)c23)C1. The number of aromatic nitrogens is 2. The fraction of sp³-hybridized carbons (Fsp3) is 0.381. The topological polar surface area (TPSA) is 52.8 Å². The van der Waals surface area contributed by atoms with Gasteiger partial charge in [-0.1, -0.05) is 30.3 Å². The minimum absolute atomic E-state index is 0.420. The van der Waals surface area contributed by atoms with Crippen molar-refractivity contribution in [2.75, 3.05) is 18.0 Å². The standard InChI is InChI=1S/C21H20N4S/c22-13-21(15-6-2-1-3-7-15)9-8-16-17(12-21)26-20-18(16)19(23-14-24-20)25-10-4-5-11-25/h1-3,6-7,14H,4-5,8-12H2/t21-/m0/s1. The molecule has 1 fully saturated rings. The van der Waals surface area contributed by atoms with Crippen molar-refractivity contribution in [3.8, 4) is 6.07 Å². The summed E-state index contributed by atoms with van der Waals surface area (Å²) < 4.78 is 0. The van der Waals surface area contributed by atoms with Crippen LogP contribution in [-0.2, 0) is 18.3 Å². The Bertz CT molecular complexity index is 998. The summed E-state index contributed by atoms with van der Waals surface area (Å²) in [5.41, 5.74) is 2.10. The molecule has 1 aliphatic carbocycles. The summed E-state index contributed by atoms with van der Waals surface area (Å²) in [6.45, 7) is 2.17. The second-order valence-corrected chi connectivity index (χ2v) is 8.40. The number of nitriles is 1. The van der Waals surface area contributed by atoms with E-state index in [9.17, 15) is 5.26 Å². The average molecular weight is 360 g/mol. The van der Waals surface area contributed by atoms with Crippen LogP contribution in [0.4, 0.5) is 5.82 Å². The van der Waals surface area contributed by atoms with Crippen molar-refractivity contribution >= 4 is 27.4 Å². The fourth-order valence-corrected chi connectivity index (χ4v) is 5.76. The van der Waals surface area contributed by atoms with E-state index in [1.54, 1.807) is 17.7 Å². The second kappa shape index (κ2) is 6.07. The third kappa shape index (κ3) is 2.33. The van der Waals surface area contributed by atoms with Crippen LogP contribution in [0.3, 0.4) is 0 Å². The highest BCUT2D eigenvalue weighted by Gasteiger charge is 2.39. The molecule has 0 bridgehead atoms. The Kier molecular flexibility index (Phi) is 3.68. The Morgan fingerprint density at radius 1 is 1.12 bits per heavy atom. The molecule has 0 N–H and O–H groups in total. The van der Waals surface area contributed by atoms with Gasteiger partial charge in [0.05, 0.1) is 16.9 Å². The maximum Gasteiger partial charge on any atom is 0.141 e. The first-order valence-electron chi connectivity index (χ1n) is 9.28. The Hall–Kier alpha value is -2.45. The van der Waals surface area contributed by atoms with Gasteiger partial charge in [0.1, 0.15) is 17.0 Å². The normalized spacial score (nSPS) is 22.3. The van der Waals surface area contributed by atoms with E-state index < -0.39 is 5.41 Å². The van der Waals surface area contributed by atoms with Crippen LogP contribution < -0.4 is 4.90 Å². The molecule has 5 rings (SSSR count). The minimum atomic E-state index is -0.420. The van der Waals surface area contributed by atoms with E-state index in [1.165, 1.54) is 28.7 Å². The molecule has 0 unspecified atom stereocenters. The molecule has 130 valence electrons. The molecule has 0 saturated carbocycles. The maximum absolute atomic E-state index is 10.0. The quantitative estimate of drug-likeness (QED) is 0.686. The molecule has 0 spiro atoms. The van der Waals surface area contributed by atoms with E-state index in [4.69, 9.17) is 0 Å². The zero-order valence-corrected chi connectivity index (χ0v) is 15.4. The first-order chi connectivity index (χ1) is 12.8. The summed E-state index contributed by atoms with van der Waals surface area (Å²) >= 11 is 1.76. The van der Waals surface area contributed by atoms with Crippen molar-refractivity contribution in [3.63, 3.8) is 0 Å². The highest BCUT2D eigenvalue weighted by Crippen LogP contribution is 2.46. The number of benzene rings is 1. The zero-order chi connectivity index (χ0) is 17.6. The van der Waals surface area contributed by atoms with Crippen LogP contribution in [0, 0.1) is 11.3 Å². The summed E-state index contributed by atoms with van der Waals surface area (Å²) in [6.07, 6.45) is 6.75. The minimum Gasteiger partial charge on any atom is -0.356 e. The van der Waals surface area contributed by atoms with E-state index in [-0.39, 0.29) is 0 Å². The summed E-state index contributed by atoms with van der Waals surface area (Å²) in [4.78, 5) is 14.0. The lowest BCUT2D eigenvalue weighted by molar-refractivity contribution is 0.480. The van der Waals surface area contributed by atoms with Crippen molar-refractivity contribution in [1.29, 1.82) is 5.26 Å². The lowest BCUT2D eigenvalue weighted by Gasteiger charge is -2.31. The van der Waals surface area contributed by atoms with Crippen LogP contribution in [0.1, 0.15) is 35.3 Å². The van der Waals surface area contributed by atoms with Crippen LogP contribution in [-0.4, -0.2) is 23.1 Å². The van der Waals surface area contributed by atoms with Crippen molar-refractivity contribution < 1.29 is 0 Å². The molecule has 3 heterocycles. The monoisotopic (exact) mass is 360 g/mol. The molecule has 1 atom stereocenters. The molecular weight excluding hydrogens is 340 g/mol. The highest BCUT2D eigenvalue weighted by molar-refractivity contribution is 7.19. The predicted molar refractivity (Wildman–Crippen MR) is 105 cm³/mol. The Morgan fingerprint density at radius 2 is 1.92 bits per heavy atom. The number of aryl methyl sites for hydroxylation is 1. The third-order valence-electron chi connectivity index (χ3n) is 5.86. The molecule has 0 radical (unpaired) electrons. The Balaban J connectivity index is 1.62. The predicted octanol–water partition coefficient (Wildman–Crippen LogP) is 4.24. The molecule has 4 nitrogen and oxygen atoms in total. The summed E-state index contributed by atoms with van der Waals surface area (Å²) in [5, 5.41) is 11.3. The molecule has 3 aromatic rings. The lowest BCUT2D eigenvalue weighted by Crippen LogP contribution is -2.31. The molecule has 5 heteroatoms. The van der Waals surface area contributed by atoms with Crippen LogP contribution in [0.15, 0.2) is 36.7 Å². The number of fused-ring (bicyclic) bond motifs is 3. The first kappa shape index (κ1) is 15.8. The van der Waals surface area contributed by atoms with Gasteiger partial charge < -0.3 is 4.90 Å². The van der Waals surface area contributed by atoms with Crippen LogP contribution >= 0.6 is 11.3 Å². The number of anilines is 1. The highest BCUT2D eigenvalue weighted by atomic mass is 32.1. The molecule has 1 aliphatic heterocycles. The van der Waals surface area contributed by atoms with Crippen molar-refractivity contribution in [2.24, 2.45) is 0 Å². The van der Waals surface area contributed by atoms with Crippen molar-refractivity contribution in [2.45, 2.75) is 37.5 Å². The van der Waals surface area contributed by atoms with Gasteiger partial charge in [-0.3, -0.25) is 0 Å². The zero-order valence-electron chi connectivity index (χ0n) is 14.6. The summed E-state index contributed by atoms with van der Waals surface area (Å²) in [6, 6.07) is 12.9. The van der Waals surface area contributed by atoms with Crippen LogP contribution in [0.2, 0.25) is 0 Å². The van der Waals surface area contributed by atoms with Crippen LogP contribution in [0.25, 0.3) is 10.2 Å².